The van der Waals surface area contributed by atoms with E-state index in [2.05, 4.69) is 140 Å². The van der Waals surface area contributed by atoms with Crippen molar-refractivity contribution in [3.8, 4) is 22.6 Å². The summed E-state index contributed by atoms with van der Waals surface area (Å²) in [5.74, 6) is 0.647. The minimum atomic E-state index is -0.0299. The van der Waals surface area contributed by atoms with Crippen molar-refractivity contribution in [1.82, 2.24) is 4.98 Å². The number of benzene rings is 6. The lowest BCUT2D eigenvalue weighted by atomic mass is 9.82. The van der Waals surface area contributed by atoms with E-state index < -0.39 is 0 Å². The van der Waals surface area contributed by atoms with Gasteiger partial charge >= 0.3 is 0 Å². The molecule has 6 aromatic carbocycles. The van der Waals surface area contributed by atoms with Gasteiger partial charge in [0.05, 0.1) is 6.04 Å². The fourth-order valence-electron chi connectivity index (χ4n) is 7.60. The number of allylic oxidation sites excluding steroid dienone is 2. The van der Waals surface area contributed by atoms with Crippen LogP contribution in [0.3, 0.4) is 0 Å². The molecule has 226 valence electrons. The molecule has 47 heavy (non-hydrogen) atoms. The van der Waals surface area contributed by atoms with Gasteiger partial charge in [-0.3, -0.25) is 0 Å². The number of hydrogen-bond acceptors (Lipinski definition) is 3. The van der Waals surface area contributed by atoms with E-state index in [1.165, 1.54) is 39.1 Å². The Hall–Kier alpha value is -5.67. The number of hydrogen-bond donors (Lipinski definition) is 0. The Morgan fingerprint density at radius 1 is 0.681 bits per heavy atom. The third kappa shape index (κ3) is 4.53. The van der Waals surface area contributed by atoms with E-state index in [0.717, 1.165) is 39.5 Å². The van der Waals surface area contributed by atoms with Crippen molar-refractivity contribution >= 4 is 38.8 Å². The molecule has 0 bridgehead atoms. The molecule has 0 N–H and O–H groups in total. The van der Waals surface area contributed by atoms with Crippen molar-refractivity contribution in [2.24, 2.45) is 0 Å². The summed E-state index contributed by atoms with van der Waals surface area (Å²) in [4.78, 5) is 7.45. The fourth-order valence-corrected chi connectivity index (χ4v) is 7.60. The second-order valence-corrected chi connectivity index (χ2v) is 13.2. The number of anilines is 2. The smallest absolute Gasteiger partial charge is 0.227 e. The van der Waals surface area contributed by atoms with Crippen LogP contribution in [0.15, 0.2) is 156 Å². The molecule has 1 unspecified atom stereocenters. The Kier molecular flexibility index (Phi) is 6.29. The molecule has 0 saturated heterocycles. The quantitative estimate of drug-likeness (QED) is 0.195. The first-order chi connectivity index (χ1) is 23.0. The van der Waals surface area contributed by atoms with Crippen LogP contribution in [0.1, 0.15) is 37.0 Å². The molecule has 9 rings (SSSR count). The van der Waals surface area contributed by atoms with E-state index in [9.17, 15) is 0 Å². The van der Waals surface area contributed by atoms with E-state index in [1.807, 2.05) is 30.3 Å². The summed E-state index contributed by atoms with van der Waals surface area (Å²) in [6.07, 6.45) is 7.93. The molecule has 0 saturated carbocycles. The highest BCUT2D eigenvalue weighted by atomic mass is 16.3. The Balaban J connectivity index is 1.16. The van der Waals surface area contributed by atoms with Crippen LogP contribution >= 0.6 is 0 Å². The summed E-state index contributed by atoms with van der Waals surface area (Å²) in [7, 11) is 0. The first-order valence-corrected chi connectivity index (χ1v) is 16.4. The lowest BCUT2D eigenvalue weighted by molar-refractivity contribution is 0.620. The van der Waals surface area contributed by atoms with Crippen LogP contribution in [-0.4, -0.2) is 11.0 Å². The summed E-state index contributed by atoms with van der Waals surface area (Å²) < 4.78 is 6.20. The van der Waals surface area contributed by atoms with E-state index in [4.69, 9.17) is 9.40 Å². The zero-order chi connectivity index (χ0) is 31.5. The average molecular weight is 607 g/mol. The summed E-state index contributed by atoms with van der Waals surface area (Å²) in [5.41, 5.74) is 12.9. The zero-order valence-electron chi connectivity index (χ0n) is 26.5. The standard InChI is InChI=1S/C44H34N2O/c1-44(2)39-16-10-9-15-37(39)38-28-35(23-25-40(38)44)46(33-20-17-30(18-21-33)29-11-5-3-6-12-29)34-22-24-36-32(27-34)19-26-41-42(36)45-43(47-41)31-13-7-4-8-14-31/h3-20,22-28,33H,21H2,1-2H3. The van der Waals surface area contributed by atoms with Crippen LogP contribution in [0.4, 0.5) is 11.4 Å². The maximum Gasteiger partial charge on any atom is 0.227 e. The molecule has 2 aliphatic carbocycles. The van der Waals surface area contributed by atoms with Crippen molar-refractivity contribution in [1.29, 1.82) is 0 Å². The largest absolute Gasteiger partial charge is 0.436 e. The van der Waals surface area contributed by atoms with Crippen molar-refractivity contribution in [2.45, 2.75) is 31.7 Å². The number of fused-ring (bicyclic) bond motifs is 6. The Morgan fingerprint density at radius 2 is 1.38 bits per heavy atom. The zero-order valence-corrected chi connectivity index (χ0v) is 26.5. The fraction of sp³-hybridized carbons (Fsp3) is 0.114. The molecule has 0 fully saturated rings. The van der Waals surface area contributed by atoms with Crippen LogP contribution in [-0.2, 0) is 5.41 Å². The molecule has 0 amide bonds. The summed E-state index contributed by atoms with van der Waals surface area (Å²) in [6, 6.07) is 47.8. The highest BCUT2D eigenvalue weighted by Gasteiger charge is 2.35. The van der Waals surface area contributed by atoms with Crippen LogP contribution < -0.4 is 4.90 Å². The first-order valence-electron chi connectivity index (χ1n) is 16.4. The van der Waals surface area contributed by atoms with Gasteiger partial charge in [-0.25, -0.2) is 4.98 Å². The van der Waals surface area contributed by atoms with Crippen LogP contribution in [0.5, 0.6) is 0 Å². The van der Waals surface area contributed by atoms with Crippen molar-refractivity contribution in [3.63, 3.8) is 0 Å². The maximum atomic E-state index is 6.20. The van der Waals surface area contributed by atoms with Gasteiger partial charge in [0.15, 0.2) is 5.58 Å². The van der Waals surface area contributed by atoms with E-state index in [0.29, 0.717) is 5.89 Å². The Labute approximate surface area is 275 Å². The third-order valence-electron chi connectivity index (χ3n) is 10.0. The van der Waals surface area contributed by atoms with Gasteiger partial charge in [-0.05, 0) is 93.7 Å². The van der Waals surface area contributed by atoms with Gasteiger partial charge in [-0.15, -0.1) is 0 Å². The Bertz CT molecular complexity index is 2360. The first kappa shape index (κ1) is 27.6. The third-order valence-corrected chi connectivity index (χ3v) is 10.0. The molecule has 0 aliphatic heterocycles. The number of rotatable bonds is 5. The van der Waals surface area contributed by atoms with E-state index in [-0.39, 0.29) is 11.5 Å². The minimum Gasteiger partial charge on any atom is -0.436 e. The van der Waals surface area contributed by atoms with Gasteiger partial charge in [0.25, 0.3) is 0 Å². The average Bonchev–Trinajstić information content (AvgIpc) is 3.67. The van der Waals surface area contributed by atoms with Crippen LogP contribution in [0.25, 0.3) is 50.0 Å². The highest BCUT2D eigenvalue weighted by molar-refractivity contribution is 6.05. The summed E-state index contributed by atoms with van der Waals surface area (Å²) in [6.45, 7) is 4.68. The molecule has 1 aromatic heterocycles. The van der Waals surface area contributed by atoms with Gasteiger partial charge in [-0.1, -0.05) is 117 Å². The van der Waals surface area contributed by atoms with Gasteiger partial charge < -0.3 is 9.32 Å². The van der Waals surface area contributed by atoms with Gasteiger partial charge in [-0.2, -0.15) is 0 Å². The van der Waals surface area contributed by atoms with Crippen LogP contribution in [0, 0.1) is 0 Å². The van der Waals surface area contributed by atoms with Crippen molar-refractivity contribution in [3.05, 3.63) is 168 Å². The van der Waals surface area contributed by atoms with Gasteiger partial charge in [0.2, 0.25) is 5.89 Å². The van der Waals surface area contributed by atoms with Crippen molar-refractivity contribution < 1.29 is 4.42 Å². The molecule has 0 radical (unpaired) electrons. The minimum absolute atomic E-state index is 0.0299. The van der Waals surface area contributed by atoms with Gasteiger partial charge in [0.1, 0.15) is 5.52 Å². The summed E-state index contributed by atoms with van der Waals surface area (Å²) in [5, 5.41) is 2.23. The number of aromatic nitrogens is 1. The maximum absolute atomic E-state index is 6.20. The lowest BCUT2D eigenvalue weighted by Crippen LogP contribution is -2.30. The molecule has 2 aliphatic rings. The Morgan fingerprint density at radius 3 is 2.17 bits per heavy atom. The molecule has 3 heteroatoms. The predicted molar refractivity (Wildman–Crippen MR) is 195 cm³/mol. The molecular weight excluding hydrogens is 572 g/mol. The molecule has 0 spiro atoms. The lowest BCUT2D eigenvalue weighted by Gasteiger charge is -2.34. The number of nitrogens with zero attached hydrogens (tertiary/aromatic N) is 2. The molecule has 3 nitrogen and oxygen atoms in total. The SMILES string of the molecule is CC1(C)c2ccccc2-c2cc(N(c3ccc4c(ccc5oc(-c6ccccc6)nc54)c3)C3C=CC(c4ccccc4)=CC3)ccc21. The van der Waals surface area contributed by atoms with Crippen LogP contribution in [0.2, 0.25) is 0 Å². The molecule has 1 heterocycles. The van der Waals surface area contributed by atoms with Crippen molar-refractivity contribution in [2.75, 3.05) is 4.90 Å². The highest BCUT2D eigenvalue weighted by Crippen LogP contribution is 2.50. The topological polar surface area (TPSA) is 29.3 Å². The molecule has 1 atom stereocenters. The van der Waals surface area contributed by atoms with E-state index in [1.54, 1.807) is 0 Å². The van der Waals surface area contributed by atoms with Gasteiger partial charge in [0, 0.05) is 27.7 Å². The predicted octanol–water partition coefficient (Wildman–Crippen LogP) is 11.5. The normalized spacial score (nSPS) is 16.2. The summed E-state index contributed by atoms with van der Waals surface area (Å²) >= 11 is 0. The monoisotopic (exact) mass is 606 g/mol. The van der Waals surface area contributed by atoms with E-state index >= 15 is 0 Å². The number of oxazole rings is 1. The second kappa shape index (κ2) is 10.7. The second-order valence-electron chi connectivity index (χ2n) is 13.2. The molecular formula is C44H34N2O. The molecule has 7 aromatic rings.